The summed E-state index contributed by atoms with van der Waals surface area (Å²) in [5.74, 6) is -46.6. The van der Waals surface area contributed by atoms with Crippen molar-refractivity contribution in [3.05, 3.63) is 35.4 Å². The number of hydrogen-bond acceptors (Lipinski definition) is 1. The van der Waals surface area contributed by atoms with E-state index in [1.807, 2.05) is 0 Å². The molecular formula is C18H15F15O. The number of alkyl halides is 15. The van der Waals surface area contributed by atoms with Crippen molar-refractivity contribution in [3.8, 4) is 0 Å². The Balaban J connectivity index is 3.58. The van der Waals surface area contributed by atoms with Crippen LogP contribution in [0.15, 0.2) is 24.3 Å². The first-order valence-corrected chi connectivity index (χ1v) is 8.73. The average Bonchev–Trinajstić information content (AvgIpc) is 2.66. The number of hydrogen-bond donors (Lipinski definition) is 0. The summed E-state index contributed by atoms with van der Waals surface area (Å²) in [6.07, 6.45) is -10.2. The highest BCUT2D eigenvalue weighted by Gasteiger charge is 2.93. The summed E-state index contributed by atoms with van der Waals surface area (Å²) in [5.41, 5.74) is -2.58. The van der Waals surface area contributed by atoms with Crippen LogP contribution in [0.1, 0.15) is 24.5 Å². The Morgan fingerprint density at radius 1 is 0.588 bits per heavy atom. The molecule has 0 radical (unpaired) electrons. The maximum Gasteiger partial charge on any atom is 0.460 e. The molecule has 16 heteroatoms. The Morgan fingerprint density at radius 3 is 1.29 bits per heavy atom. The molecule has 0 N–H and O–H groups in total. The van der Waals surface area contributed by atoms with Crippen molar-refractivity contribution in [1.29, 1.82) is 0 Å². The predicted octanol–water partition coefficient (Wildman–Crippen LogP) is 7.62. The van der Waals surface area contributed by atoms with Gasteiger partial charge < -0.3 is 4.74 Å². The fourth-order valence-electron chi connectivity index (χ4n) is 2.73. The van der Waals surface area contributed by atoms with Crippen LogP contribution in [0, 0.1) is 6.92 Å². The smallest absolute Gasteiger partial charge is 0.374 e. The van der Waals surface area contributed by atoms with Gasteiger partial charge in [-0.25, -0.2) is 0 Å². The fourth-order valence-corrected chi connectivity index (χ4v) is 2.73. The second-order valence-corrected chi connectivity index (χ2v) is 7.55. The van der Waals surface area contributed by atoms with Crippen molar-refractivity contribution in [2.24, 2.45) is 0 Å². The van der Waals surface area contributed by atoms with Gasteiger partial charge in [0.05, 0.1) is 12.0 Å². The summed E-state index contributed by atoms with van der Waals surface area (Å²) in [6, 6.07) is 4.40. The van der Waals surface area contributed by atoms with Gasteiger partial charge >= 0.3 is 41.7 Å². The van der Waals surface area contributed by atoms with Gasteiger partial charge in [-0.1, -0.05) is 29.8 Å². The maximum atomic E-state index is 14.3. The molecule has 1 unspecified atom stereocenters. The molecule has 1 aromatic rings. The van der Waals surface area contributed by atoms with Gasteiger partial charge in [0.1, 0.15) is 0 Å². The zero-order valence-electron chi connectivity index (χ0n) is 17.1. The van der Waals surface area contributed by atoms with E-state index in [1.54, 1.807) is 0 Å². The molecule has 0 fully saturated rings. The van der Waals surface area contributed by atoms with E-state index in [0.717, 1.165) is 12.1 Å². The average molecular weight is 532 g/mol. The topological polar surface area (TPSA) is 9.23 Å². The van der Waals surface area contributed by atoms with E-state index < -0.39 is 59.3 Å². The van der Waals surface area contributed by atoms with Crippen LogP contribution in [0.25, 0.3) is 0 Å². The quantitative estimate of drug-likeness (QED) is 0.298. The molecule has 0 saturated carbocycles. The van der Waals surface area contributed by atoms with Gasteiger partial charge in [-0.3, -0.25) is 0 Å². The molecule has 0 aliphatic carbocycles. The molecule has 1 nitrogen and oxygen atoms in total. The molecule has 1 aromatic carbocycles. The van der Waals surface area contributed by atoms with Gasteiger partial charge in [-0.2, -0.15) is 65.9 Å². The monoisotopic (exact) mass is 532 g/mol. The van der Waals surface area contributed by atoms with Crippen LogP contribution in [0.2, 0.25) is 0 Å². The first-order chi connectivity index (χ1) is 14.8. The van der Waals surface area contributed by atoms with Gasteiger partial charge in [0.15, 0.2) is 0 Å². The van der Waals surface area contributed by atoms with E-state index in [0.29, 0.717) is 19.6 Å². The zero-order chi connectivity index (χ0) is 27.4. The summed E-state index contributed by atoms with van der Waals surface area (Å²) in [5, 5.41) is 0. The Hall–Kier alpha value is -1.87. The van der Waals surface area contributed by atoms with Gasteiger partial charge in [0.2, 0.25) is 0 Å². The van der Waals surface area contributed by atoms with Crippen molar-refractivity contribution in [3.63, 3.8) is 0 Å². The number of benzene rings is 1. The zero-order valence-corrected chi connectivity index (χ0v) is 17.1. The summed E-state index contributed by atoms with van der Waals surface area (Å²) in [7, 11) is 0.610. The third-order valence-corrected chi connectivity index (χ3v) is 5.06. The largest absolute Gasteiger partial charge is 0.460 e. The van der Waals surface area contributed by atoms with Crippen molar-refractivity contribution in [2.75, 3.05) is 7.11 Å². The Kier molecular flexibility index (Phi) is 7.42. The highest BCUT2D eigenvalue weighted by Crippen LogP contribution is 2.63. The minimum absolute atomic E-state index is 0.403. The van der Waals surface area contributed by atoms with Crippen LogP contribution in [0.5, 0.6) is 0 Å². The van der Waals surface area contributed by atoms with Gasteiger partial charge in [0.25, 0.3) is 0 Å². The third kappa shape index (κ3) is 4.30. The van der Waals surface area contributed by atoms with Crippen molar-refractivity contribution in [2.45, 2.75) is 67.6 Å². The summed E-state index contributed by atoms with van der Waals surface area (Å²) < 4.78 is 205. The van der Waals surface area contributed by atoms with Crippen LogP contribution in [0.4, 0.5) is 65.9 Å². The van der Waals surface area contributed by atoms with E-state index in [9.17, 15) is 65.9 Å². The Bertz CT molecular complexity index is 857. The first-order valence-electron chi connectivity index (χ1n) is 8.73. The van der Waals surface area contributed by atoms with Crippen molar-refractivity contribution < 1.29 is 70.6 Å². The van der Waals surface area contributed by atoms with Crippen molar-refractivity contribution >= 4 is 0 Å². The molecule has 0 aliphatic heterocycles. The molecule has 0 aliphatic rings. The lowest BCUT2D eigenvalue weighted by atomic mass is 9.83. The van der Waals surface area contributed by atoms with Gasteiger partial charge in [-0.05, 0) is 19.4 Å². The highest BCUT2D eigenvalue weighted by molar-refractivity contribution is 5.27. The molecule has 198 valence electrons. The number of aryl methyl sites for hydroxylation is 1. The number of rotatable bonds is 9. The standard InChI is InChI=1S/C18H15F15O/c1-9-4-6-10(7-5-9)11(2,34-3)8-12(19,20)13(21,22)14(23,24)15(25,26)16(27,28)17(29,30)18(31,32)33/h4-7H,8H2,1-3H3. The number of ether oxygens (including phenoxy) is 1. The molecule has 0 bridgehead atoms. The number of methoxy groups -OCH3 is 1. The lowest BCUT2D eigenvalue weighted by molar-refractivity contribution is -0.453. The van der Waals surface area contributed by atoms with E-state index in [4.69, 9.17) is 0 Å². The third-order valence-electron chi connectivity index (χ3n) is 5.06. The summed E-state index contributed by atoms with van der Waals surface area (Å²) in [4.78, 5) is 0. The van der Waals surface area contributed by atoms with Crippen molar-refractivity contribution in [1.82, 2.24) is 0 Å². The molecule has 0 amide bonds. The normalized spacial score (nSPS) is 17.0. The molecule has 0 heterocycles. The SMILES string of the molecule is COC(C)(CC(F)(F)C(F)(F)C(F)(F)C(F)(F)C(F)(F)C(F)(F)C(F)(F)F)c1ccc(C)cc1. The molecule has 1 atom stereocenters. The predicted molar refractivity (Wildman–Crippen MR) is 85.9 cm³/mol. The van der Waals surface area contributed by atoms with Gasteiger partial charge in [0, 0.05) is 7.11 Å². The van der Waals surface area contributed by atoms with E-state index in [1.165, 1.54) is 19.1 Å². The lowest BCUT2D eigenvalue weighted by Gasteiger charge is -2.43. The Labute approximate surface area is 181 Å². The first kappa shape index (κ1) is 30.2. The molecule has 34 heavy (non-hydrogen) atoms. The second kappa shape index (κ2) is 8.36. The van der Waals surface area contributed by atoms with Crippen LogP contribution >= 0.6 is 0 Å². The molecule has 0 aromatic heterocycles. The minimum atomic E-state index is -8.31. The molecule has 0 spiro atoms. The van der Waals surface area contributed by atoms with E-state index in [2.05, 4.69) is 4.74 Å². The van der Waals surface area contributed by atoms with Gasteiger partial charge in [-0.15, -0.1) is 0 Å². The summed E-state index contributed by atoms with van der Waals surface area (Å²) >= 11 is 0. The van der Waals surface area contributed by atoms with E-state index in [-0.39, 0.29) is 0 Å². The molecule has 0 saturated heterocycles. The van der Waals surface area contributed by atoms with Crippen LogP contribution in [0.3, 0.4) is 0 Å². The number of halogens is 15. The second-order valence-electron chi connectivity index (χ2n) is 7.55. The highest BCUT2D eigenvalue weighted by atomic mass is 19.4. The summed E-state index contributed by atoms with van der Waals surface area (Å²) in [6.45, 7) is 2.08. The van der Waals surface area contributed by atoms with Crippen LogP contribution in [-0.4, -0.2) is 48.8 Å². The maximum absolute atomic E-state index is 14.3. The van der Waals surface area contributed by atoms with E-state index >= 15 is 0 Å². The van der Waals surface area contributed by atoms with Crippen LogP contribution in [-0.2, 0) is 10.3 Å². The molecular weight excluding hydrogens is 517 g/mol. The minimum Gasteiger partial charge on any atom is -0.374 e. The Morgan fingerprint density at radius 2 is 0.941 bits per heavy atom. The lowest BCUT2D eigenvalue weighted by Crippen LogP contribution is -2.72. The van der Waals surface area contributed by atoms with Crippen LogP contribution < -0.4 is 0 Å². The molecule has 1 rings (SSSR count). The fraction of sp³-hybridized carbons (Fsp3) is 0.667.